The number of aryl methyl sites for hydroxylation is 1. The molecule has 0 saturated carbocycles. The summed E-state index contributed by atoms with van der Waals surface area (Å²) in [6.45, 7) is 2.40. The third-order valence-corrected chi connectivity index (χ3v) is 3.37. The molecule has 1 aliphatic heterocycles. The Bertz CT molecular complexity index is 470. The number of amides is 2. The number of likely N-dealkylation sites (tertiary alicyclic amines) is 1. The first kappa shape index (κ1) is 13.4. The van der Waals surface area contributed by atoms with Crippen LogP contribution in [0.1, 0.15) is 24.8 Å². The minimum absolute atomic E-state index is 0.244. The Morgan fingerprint density at radius 1 is 1.26 bits per heavy atom. The van der Waals surface area contributed by atoms with Crippen molar-refractivity contribution >= 4 is 17.7 Å². The molecule has 0 aliphatic carbocycles. The summed E-state index contributed by atoms with van der Waals surface area (Å²) in [5, 5.41) is 11.9. The van der Waals surface area contributed by atoms with Gasteiger partial charge in [-0.25, -0.2) is 4.79 Å². The number of carbonyl (C=O) groups is 2. The van der Waals surface area contributed by atoms with Crippen LogP contribution in [-0.2, 0) is 4.79 Å². The first-order valence-corrected chi connectivity index (χ1v) is 6.45. The summed E-state index contributed by atoms with van der Waals surface area (Å²) in [6, 6.07) is 6.88. The molecule has 1 aromatic rings. The van der Waals surface area contributed by atoms with E-state index in [2.05, 4.69) is 5.32 Å². The summed E-state index contributed by atoms with van der Waals surface area (Å²) >= 11 is 0. The minimum atomic E-state index is -1.02. The van der Waals surface area contributed by atoms with Crippen molar-refractivity contribution in [2.24, 2.45) is 0 Å². The Hall–Kier alpha value is -2.04. The third kappa shape index (κ3) is 3.24. The lowest BCUT2D eigenvalue weighted by Gasteiger charge is -2.32. The van der Waals surface area contributed by atoms with Gasteiger partial charge in [0.15, 0.2) is 0 Å². The summed E-state index contributed by atoms with van der Waals surface area (Å²) in [5.41, 5.74) is 1.81. The van der Waals surface area contributed by atoms with Gasteiger partial charge in [-0.15, -0.1) is 0 Å². The van der Waals surface area contributed by atoms with Crippen molar-refractivity contribution in [3.63, 3.8) is 0 Å². The van der Waals surface area contributed by atoms with Gasteiger partial charge >= 0.3 is 6.09 Å². The van der Waals surface area contributed by atoms with Crippen LogP contribution in [0.25, 0.3) is 0 Å². The minimum Gasteiger partial charge on any atom is -0.465 e. The van der Waals surface area contributed by atoms with Crippen molar-refractivity contribution < 1.29 is 14.7 Å². The second-order valence-corrected chi connectivity index (χ2v) is 4.84. The quantitative estimate of drug-likeness (QED) is 0.860. The highest BCUT2D eigenvalue weighted by molar-refractivity contribution is 5.96. The van der Waals surface area contributed by atoms with E-state index in [0.717, 1.165) is 18.4 Å². The van der Waals surface area contributed by atoms with Gasteiger partial charge in [0, 0.05) is 12.2 Å². The zero-order chi connectivity index (χ0) is 13.8. The van der Waals surface area contributed by atoms with Crippen LogP contribution in [0.4, 0.5) is 10.5 Å². The van der Waals surface area contributed by atoms with Crippen LogP contribution >= 0.6 is 0 Å². The zero-order valence-electron chi connectivity index (χ0n) is 10.9. The third-order valence-electron chi connectivity index (χ3n) is 3.37. The maximum Gasteiger partial charge on any atom is 0.407 e. The number of anilines is 1. The highest BCUT2D eigenvalue weighted by atomic mass is 16.4. The van der Waals surface area contributed by atoms with E-state index in [1.165, 1.54) is 4.90 Å². The molecule has 1 atom stereocenters. The van der Waals surface area contributed by atoms with Gasteiger partial charge in [0.2, 0.25) is 5.91 Å². The van der Waals surface area contributed by atoms with E-state index in [1.54, 1.807) is 0 Å². The maximum atomic E-state index is 12.2. The van der Waals surface area contributed by atoms with E-state index >= 15 is 0 Å². The first-order valence-electron chi connectivity index (χ1n) is 6.45. The Labute approximate surface area is 112 Å². The maximum absolute atomic E-state index is 12.2. The fourth-order valence-corrected chi connectivity index (χ4v) is 2.30. The molecule has 0 aromatic heterocycles. The number of hydrogen-bond donors (Lipinski definition) is 2. The Morgan fingerprint density at radius 2 is 1.95 bits per heavy atom. The molecule has 1 fully saturated rings. The number of rotatable bonds is 2. The van der Waals surface area contributed by atoms with Crippen LogP contribution in [0, 0.1) is 6.92 Å². The summed E-state index contributed by atoms with van der Waals surface area (Å²) in [6.07, 6.45) is 1.27. The molecule has 0 spiro atoms. The topological polar surface area (TPSA) is 69.6 Å². The fraction of sp³-hybridized carbons (Fsp3) is 0.429. The Kier molecular flexibility index (Phi) is 4.04. The summed E-state index contributed by atoms with van der Waals surface area (Å²) < 4.78 is 0. The van der Waals surface area contributed by atoms with E-state index in [-0.39, 0.29) is 5.91 Å². The molecule has 5 nitrogen and oxygen atoms in total. The molecular weight excluding hydrogens is 244 g/mol. The number of benzene rings is 1. The smallest absolute Gasteiger partial charge is 0.407 e. The van der Waals surface area contributed by atoms with E-state index in [9.17, 15) is 9.59 Å². The molecule has 1 saturated heterocycles. The average Bonchev–Trinajstić information content (AvgIpc) is 2.41. The zero-order valence-corrected chi connectivity index (χ0v) is 10.9. The monoisotopic (exact) mass is 262 g/mol. The fourth-order valence-electron chi connectivity index (χ4n) is 2.30. The van der Waals surface area contributed by atoms with Crippen molar-refractivity contribution in [3.05, 3.63) is 29.8 Å². The highest BCUT2D eigenvalue weighted by Crippen LogP contribution is 2.19. The molecule has 2 rings (SSSR count). The first-order chi connectivity index (χ1) is 9.08. The summed E-state index contributed by atoms with van der Waals surface area (Å²) in [7, 11) is 0. The van der Waals surface area contributed by atoms with Crippen molar-refractivity contribution in [1.82, 2.24) is 4.90 Å². The lowest BCUT2D eigenvalue weighted by Crippen LogP contribution is -2.49. The van der Waals surface area contributed by atoms with E-state index in [0.29, 0.717) is 18.7 Å². The van der Waals surface area contributed by atoms with Gasteiger partial charge < -0.3 is 10.4 Å². The number of nitrogens with one attached hydrogen (secondary N) is 1. The predicted molar refractivity (Wildman–Crippen MR) is 72.2 cm³/mol. The second-order valence-electron chi connectivity index (χ2n) is 4.84. The van der Waals surface area contributed by atoms with Crippen LogP contribution in [-0.4, -0.2) is 34.6 Å². The Balaban J connectivity index is 2.05. The molecule has 2 N–H and O–H groups in total. The van der Waals surface area contributed by atoms with Gasteiger partial charge in [0.25, 0.3) is 0 Å². The van der Waals surface area contributed by atoms with Gasteiger partial charge in [-0.3, -0.25) is 9.69 Å². The molecule has 1 heterocycles. The molecule has 0 unspecified atom stereocenters. The van der Waals surface area contributed by atoms with Gasteiger partial charge in [0.1, 0.15) is 6.04 Å². The van der Waals surface area contributed by atoms with Crippen molar-refractivity contribution in [2.75, 3.05) is 11.9 Å². The molecule has 5 heteroatoms. The average molecular weight is 262 g/mol. The molecule has 19 heavy (non-hydrogen) atoms. The van der Waals surface area contributed by atoms with Crippen LogP contribution in [0.15, 0.2) is 24.3 Å². The molecule has 0 bridgehead atoms. The number of piperidine rings is 1. The van der Waals surface area contributed by atoms with Gasteiger partial charge in [-0.05, 0) is 38.3 Å². The lowest BCUT2D eigenvalue weighted by molar-refractivity contribution is -0.121. The molecule has 0 radical (unpaired) electrons. The number of hydrogen-bond acceptors (Lipinski definition) is 2. The van der Waals surface area contributed by atoms with Crippen LogP contribution in [0.5, 0.6) is 0 Å². The number of carboxylic acid groups (broad SMARTS) is 1. The van der Waals surface area contributed by atoms with Crippen molar-refractivity contribution in [1.29, 1.82) is 0 Å². The van der Waals surface area contributed by atoms with E-state index < -0.39 is 12.1 Å². The molecule has 1 aliphatic rings. The van der Waals surface area contributed by atoms with Crippen molar-refractivity contribution in [2.45, 2.75) is 32.2 Å². The molecule has 2 amide bonds. The largest absolute Gasteiger partial charge is 0.465 e. The summed E-state index contributed by atoms with van der Waals surface area (Å²) in [5.74, 6) is -0.244. The standard InChI is InChI=1S/C14H18N2O3/c1-10-5-7-11(8-6-10)15-13(17)12-4-2-3-9-16(12)14(18)19/h5-8,12H,2-4,9H2,1H3,(H,15,17)(H,18,19)/t12-/m1/s1. The molecule has 1 aromatic carbocycles. The van der Waals surface area contributed by atoms with Gasteiger partial charge in [0.05, 0.1) is 0 Å². The molecular formula is C14H18N2O3. The predicted octanol–water partition coefficient (Wildman–Crippen LogP) is 2.47. The summed E-state index contributed by atoms with van der Waals surface area (Å²) in [4.78, 5) is 24.5. The highest BCUT2D eigenvalue weighted by Gasteiger charge is 2.31. The lowest BCUT2D eigenvalue weighted by atomic mass is 10.0. The SMILES string of the molecule is Cc1ccc(NC(=O)[C@H]2CCCCN2C(=O)O)cc1. The number of nitrogens with zero attached hydrogens (tertiary/aromatic N) is 1. The second kappa shape index (κ2) is 5.73. The number of carbonyl (C=O) groups excluding carboxylic acids is 1. The molecule has 102 valence electrons. The van der Waals surface area contributed by atoms with Gasteiger partial charge in [-0.2, -0.15) is 0 Å². The van der Waals surface area contributed by atoms with Gasteiger partial charge in [-0.1, -0.05) is 17.7 Å². The van der Waals surface area contributed by atoms with E-state index in [1.807, 2.05) is 31.2 Å². The normalized spacial score (nSPS) is 19.0. The van der Waals surface area contributed by atoms with Crippen LogP contribution < -0.4 is 5.32 Å². The van der Waals surface area contributed by atoms with Crippen LogP contribution in [0.3, 0.4) is 0 Å². The van der Waals surface area contributed by atoms with Crippen LogP contribution in [0.2, 0.25) is 0 Å². The van der Waals surface area contributed by atoms with Crippen molar-refractivity contribution in [3.8, 4) is 0 Å². The van der Waals surface area contributed by atoms with E-state index in [4.69, 9.17) is 5.11 Å². The Morgan fingerprint density at radius 3 is 2.58 bits per heavy atom.